The van der Waals surface area contributed by atoms with E-state index in [2.05, 4.69) is 30.3 Å². The van der Waals surface area contributed by atoms with Crippen molar-refractivity contribution in [1.82, 2.24) is 15.1 Å². The summed E-state index contributed by atoms with van der Waals surface area (Å²) in [5.41, 5.74) is 0.628. The van der Waals surface area contributed by atoms with Crippen LogP contribution < -0.4 is 21.5 Å². The maximum Gasteiger partial charge on any atom is 0.471 e. The smallest absolute Gasteiger partial charge is 0.376 e. The first-order chi connectivity index (χ1) is 15.2. The molecule has 0 aliphatic carbocycles. The van der Waals surface area contributed by atoms with E-state index in [1.54, 1.807) is 24.3 Å². The Balaban J connectivity index is 1.39. The topological polar surface area (TPSA) is 110 Å². The minimum atomic E-state index is -4.73. The molecular formula is C20H13ClF3N5O3. The van der Waals surface area contributed by atoms with Crippen LogP contribution in [-0.2, 0) is 19.3 Å². The van der Waals surface area contributed by atoms with Crippen LogP contribution in [-0.4, -0.2) is 15.1 Å². The van der Waals surface area contributed by atoms with Crippen LogP contribution in [0.2, 0.25) is 5.02 Å². The lowest BCUT2D eigenvalue weighted by Crippen LogP contribution is -2.37. The number of aromatic nitrogens is 3. The summed E-state index contributed by atoms with van der Waals surface area (Å²) in [6.45, 7) is 0.440. The van der Waals surface area contributed by atoms with Gasteiger partial charge in [-0.2, -0.15) is 18.2 Å². The molecule has 2 N–H and O–H groups in total. The summed E-state index contributed by atoms with van der Waals surface area (Å²) in [5.74, 6) is -1.70. The van der Waals surface area contributed by atoms with Crippen LogP contribution in [0.25, 0.3) is 11.4 Å². The van der Waals surface area contributed by atoms with E-state index in [0.29, 0.717) is 17.3 Å². The number of nitrogens with zero attached hydrogens (tertiary/aromatic N) is 3. The summed E-state index contributed by atoms with van der Waals surface area (Å²) < 4.78 is 41.9. The van der Waals surface area contributed by atoms with Crippen LogP contribution in [0.3, 0.4) is 0 Å². The number of pyridine rings is 1. The SMILES string of the molecule is O=c1c(NCc2ccc(Cl)cc2)c(NCc2ccc(-c3noc(C(F)(F)F)n3)cn2)c1=O. The molecule has 12 heteroatoms. The highest BCUT2D eigenvalue weighted by molar-refractivity contribution is 6.30. The molecule has 0 aliphatic rings. The maximum absolute atomic E-state index is 12.6. The van der Waals surface area contributed by atoms with E-state index in [-0.39, 0.29) is 29.3 Å². The third-order valence-corrected chi connectivity index (χ3v) is 4.74. The second kappa shape index (κ2) is 8.42. The Bertz CT molecular complexity index is 1310. The molecule has 164 valence electrons. The highest BCUT2D eigenvalue weighted by Crippen LogP contribution is 2.29. The van der Waals surface area contributed by atoms with Crippen molar-refractivity contribution in [3.63, 3.8) is 0 Å². The standard InChI is InChI=1S/C20H13ClF3N5O3/c21-12-4-1-10(2-5-12)7-26-14-15(17(31)16(14)30)27-9-13-6-3-11(8-25-13)18-28-19(32-29-18)20(22,23)24/h1-6,8,26-27H,7,9H2. The van der Waals surface area contributed by atoms with E-state index >= 15 is 0 Å². The summed E-state index contributed by atoms with van der Waals surface area (Å²) in [6, 6.07) is 10.0. The van der Waals surface area contributed by atoms with Gasteiger partial charge in [0, 0.05) is 23.3 Å². The number of nitrogens with one attached hydrogen (secondary N) is 2. The van der Waals surface area contributed by atoms with Gasteiger partial charge in [-0.1, -0.05) is 28.9 Å². The second-order valence-corrected chi connectivity index (χ2v) is 7.14. The van der Waals surface area contributed by atoms with Crippen LogP contribution >= 0.6 is 11.6 Å². The Morgan fingerprint density at radius 1 is 0.938 bits per heavy atom. The number of anilines is 2. The Morgan fingerprint density at radius 3 is 2.16 bits per heavy atom. The van der Waals surface area contributed by atoms with E-state index in [0.717, 1.165) is 5.56 Å². The molecule has 2 aromatic heterocycles. The predicted molar refractivity (Wildman–Crippen MR) is 110 cm³/mol. The highest BCUT2D eigenvalue weighted by atomic mass is 35.5. The Labute approximate surface area is 182 Å². The lowest BCUT2D eigenvalue weighted by molar-refractivity contribution is -0.159. The van der Waals surface area contributed by atoms with Gasteiger partial charge in [0.05, 0.1) is 12.2 Å². The zero-order valence-electron chi connectivity index (χ0n) is 16.0. The van der Waals surface area contributed by atoms with Gasteiger partial charge in [-0.15, -0.1) is 0 Å². The molecule has 0 amide bonds. The Kier molecular flexibility index (Phi) is 5.66. The van der Waals surface area contributed by atoms with Crippen LogP contribution in [0.5, 0.6) is 0 Å². The molecule has 4 aromatic rings. The van der Waals surface area contributed by atoms with Gasteiger partial charge in [-0.05, 0) is 29.8 Å². The molecule has 0 unspecified atom stereocenters. The van der Waals surface area contributed by atoms with E-state index in [1.165, 1.54) is 18.3 Å². The molecule has 0 aliphatic heterocycles. The highest BCUT2D eigenvalue weighted by Gasteiger charge is 2.38. The first-order valence-electron chi connectivity index (χ1n) is 9.14. The molecule has 0 radical (unpaired) electrons. The molecule has 0 saturated carbocycles. The second-order valence-electron chi connectivity index (χ2n) is 6.70. The fourth-order valence-corrected chi connectivity index (χ4v) is 2.94. The van der Waals surface area contributed by atoms with Gasteiger partial charge >= 0.3 is 12.1 Å². The van der Waals surface area contributed by atoms with Gasteiger partial charge in [0.15, 0.2) is 0 Å². The van der Waals surface area contributed by atoms with Crippen molar-refractivity contribution < 1.29 is 17.7 Å². The number of benzene rings is 1. The average molecular weight is 464 g/mol. The van der Waals surface area contributed by atoms with Crippen LogP contribution in [0.1, 0.15) is 17.1 Å². The molecule has 0 spiro atoms. The van der Waals surface area contributed by atoms with Gasteiger partial charge in [-0.3, -0.25) is 14.6 Å². The number of rotatable bonds is 7. The van der Waals surface area contributed by atoms with Gasteiger partial charge in [0.1, 0.15) is 11.4 Å². The van der Waals surface area contributed by atoms with Crippen molar-refractivity contribution in [1.29, 1.82) is 0 Å². The van der Waals surface area contributed by atoms with Gasteiger partial charge in [-0.25, -0.2) is 0 Å². The van der Waals surface area contributed by atoms with E-state index in [1.807, 2.05) is 0 Å². The normalized spacial score (nSPS) is 11.6. The number of hydrogen-bond acceptors (Lipinski definition) is 8. The number of halogens is 4. The van der Waals surface area contributed by atoms with Gasteiger partial charge in [0.25, 0.3) is 10.9 Å². The lowest BCUT2D eigenvalue weighted by Gasteiger charge is -2.15. The summed E-state index contributed by atoms with van der Waals surface area (Å²) in [5, 5.41) is 9.67. The minimum Gasteiger partial charge on any atom is -0.376 e. The van der Waals surface area contributed by atoms with Gasteiger partial charge in [0.2, 0.25) is 5.82 Å². The lowest BCUT2D eigenvalue weighted by atomic mass is 10.1. The minimum absolute atomic E-state index is 0.112. The molecule has 0 bridgehead atoms. The summed E-state index contributed by atoms with van der Waals surface area (Å²) >= 11 is 5.84. The number of alkyl halides is 3. The van der Waals surface area contributed by atoms with Crippen molar-refractivity contribution in [2.75, 3.05) is 10.6 Å². The predicted octanol–water partition coefficient (Wildman–Crippen LogP) is 3.62. The molecule has 4 rings (SSSR count). The molecule has 8 nitrogen and oxygen atoms in total. The van der Waals surface area contributed by atoms with Crippen LogP contribution in [0.4, 0.5) is 24.5 Å². The molecule has 0 atom stereocenters. The Hall–Kier alpha value is -3.73. The van der Waals surface area contributed by atoms with Crippen molar-refractivity contribution in [2.24, 2.45) is 0 Å². The van der Waals surface area contributed by atoms with Crippen molar-refractivity contribution in [2.45, 2.75) is 19.3 Å². The summed E-state index contributed by atoms with van der Waals surface area (Å²) in [4.78, 5) is 31.2. The monoisotopic (exact) mass is 463 g/mol. The zero-order chi connectivity index (χ0) is 22.9. The molecule has 2 heterocycles. The van der Waals surface area contributed by atoms with Crippen molar-refractivity contribution in [3.8, 4) is 11.4 Å². The first kappa shape index (κ1) is 21.5. The van der Waals surface area contributed by atoms with E-state index < -0.39 is 22.9 Å². The van der Waals surface area contributed by atoms with Gasteiger partial charge < -0.3 is 15.2 Å². The fourth-order valence-electron chi connectivity index (χ4n) is 2.82. The van der Waals surface area contributed by atoms with E-state index in [4.69, 9.17) is 11.6 Å². The molecule has 0 fully saturated rings. The average Bonchev–Trinajstić information content (AvgIpc) is 3.28. The van der Waals surface area contributed by atoms with E-state index in [9.17, 15) is 22.8 Å². The fraction of sp³-hybridized carbons (Fsp3) is 0.150. The zero-order valence-corrected chi connectivity index (χ0v) is 16.8. The largest absolute Gasteiger partial charge is 0.471 e. The van der Waals surface area contributed by atoms with Crippen molar-refractivity contribution >= 4 is 23.0 Å². The number of hydrogen-bond donors (Lipinski definition) is 2. The Morgan fingerprint density at radius 2 is 1.59 bits per heavy atom. The van der Waals surface area contributed by atoms with Crippen molar-refractivity contribution in [3.05, 3.63) is 85.2 Å². The maximum atomic E-state index is 12.6. The van der Waals surface area contributed by atoms with Crippen LogP contribution in [0.15, 0.2) is 56.7 Å². The van der Waals surface area contributed by atoms with Crippen LogP contribution in [0, 0.1) is 0 Å². The molecule has 32 heavy (non-hydrogen) atoms. The third-order valence-electron chi connectivity index (χ3n) is 4.49. The third kappa shape index (κ3) is 4.47. The molecule has 0 saturated heterocycles. The quantitative estimate of drug-likeness (QED) is 0.400. The first-order valence-corrected chi connectivity index (χ1v) is 9.52. The summed E-state index contributed by atoms with van der Waals surface area (Å²) in [6.07, 6.45) is -3.45. The molecular weight excluding hydrogens is 451 g/mol. The summed E-state index contributed by atoms with van der Waals surface area (Å²) in [7, 11) is 0. The molecule has 2 aromatic carbocycles.